The van der Waals surface area contributed by atoms with Gasteiger partial charge in [-0.25, -0.2) is 4.98 Å². The second-order valence-electron chi connectivity index (χ2n) is 4.62. The monoisotopic (exact) mass is 339 g/mol. The number of halogens is 2. The van der Waals surface area contributed by atoms with Crippen LogP contribution in [0.1, 0.15) is 11.3 Å². The second-order valence-corrected chi connectivity index (χ2v) is 5.47. The molecule has 0 saturated heterocycles. The fourth-order valence-electron chi connectivity index (χ4n) is 1.70. The molecule has 0 atom stereocenters. The van der Waals surface area contributed by atoms with Gasteiger partial charge in [-0.2, -0.15) is 0 Å². The van der Waals surface area contributed by atoms with Gasteiger partial charge in [0.15, 0.2) is 0 Å². The summed E-state index contributed by atoms with van der Waals surface area (Å²) in [6.45, 7) is 2.53. The summed E-state index contributed by atoms with van der Waals surface area (Å²) in [4.78, 5) is 19.9. The van der Waals surface area contributed by atoms with Crippen molar-refractivity contribution in [3.05, 3.63) is 51.9 Å². The Kier molecular flexibility index (Phi) is 5.98. The summed E-state index contributed by atoms with van der Waals surface area (Å²) in [7, 11) is 0. The van der Waals surface area contributed by atoms with Gasteiger partial charge in [0.1, 0.15) is 11.6 Å². The van der Waals surface area contributed by atoms with E-state index in [9.17, 15) is 4.79 Å². The zero-order valence-corrected chi connectivity index (χ0v) is 13.5. The quantitative estimate of drug-likeness (QED) is 0.822. The molecule has 0 fully saturated rings. The van der Waals surface area contributed by atoms with Crippen LogP contribution in [0.3, 0.4) is 0 Å². The Morgan fingerprint density at radius 2 is 2.09 bits per heavy atom. The number of hydrogen-bond acceptors (Lipinski definition) is 4. The van der Waals surface area contributed by atoms with Gasteiger partial charge in [0, 0.05) is 18.1 Å². The highest BCUT2D eigenvalue weighted by Gasteiger charge is 2.06. The normalized spacial score (nSPS) is 10.3. The fraction of sp³-hybridized carbons (Fsp3) is 0.267. The molecule has 0 saturated carbocycles. The number of amides is 1. The summed E-state index contributed by atoms with van der Waals surface area (Å²) in [6, 6.07) is 5.31. The van der Waals surface area contributed by atoms with E-state index in [2.05, 4.69) is 15.3 Å². The Balaban J connectivity index is 1.72. The Morgan fingerprint density at radius 3 is 2.77 bits per heavy atom. The smallest absolute Gasteiger partial charge is 0.232 e. The lowest BCUT2D eigenvalue weighted by atomic mass is 10.2. The molecule has 2 aromatic heterocycles. The van der Waals surface area contributed by atoms with E-state index in [4.69, 9.17) is 27.9 Å². The molecule has 1 amide bonds. The topological polar surface area (TPSA) is 64.1 Å². The van der Waals surface area contributed by atoms with E-state index in [0.717, 1.165) is 11.3 Å². The number of carbonyl (C=O) groups excluding carboxylic acids is 1. The molecule has 2 aromatic rings. The van der Waals surface area contributed by atoms with Gasteiger partial charge in [0.2, 0.25) is 11.8 Å². The summed E-state index contributed by atoms with van der Waals surface area (Å²) in [5.41, 5.74) is 1.79. The van der Waals surface area contributed by atoms with E-state index in [1.165, 1.54) is 6.20 Å². The summed E-state index contributed by atoms with van der Waals surface area (Å²) in [5, 5.41) is 3.54. The first kappa shape index (κ1) is 16.5. The lowest BCUT2D eigenvalue weighted by Crippen LogP contribution is -2.29. The average molecular weight is 340 g/mol. The lowest BCUT2D eigenvalue weighted by Gasteiger charge is -2.08. The Morgan fingerprint density at radius 1 is 1.27 bits per heavy atom. The van der Waals surface area contributed by atoms with E-state index in [-0.39, 0.29) is 18.9 Å². The van der Waals surface area contributed by atoms with Crippen LogP contribution in [0, 0.1) is 6.92 Å². The number of nitrogens with zero attached hydrogens (tertiary/aromatic N) is 2. The Hall–Kier alpha value is -1.85. The molecule has 0 aliphatic heterocycles. The first-order chi connectivity index (χ1) is 10.5. The minimum absolute atomic E-state index is 0.0931. The molecule has 0 spiro atoms. The standard InChI is InChI=1S/C15H15Cl2N3O2/c1-10-2-3-11(8-19-10)6-14(21)18-4-5-22-15-13(17)7-12(16)9-20-15/h2-3,7-9H,4-6H2,1H3,(H,18,21). The molecule has 0 radical (unpaired) electrons. The molecular formula is C15H15Cl2N3O2. The molecule has 0 aliphatic carbocycles. The summed E-state index contributed by atoms with van der Waals surface area (Å²) < 4.78 is 5.38. The molecule has 22 heavy (non-hydrogen) atoms. The molecule has 5 nitrogen and oxygen atoms in total. The van der Waals surface area contributed by atoms with Crippen molar-refractivity contribution in [3.8, 4) is 5.88 Å². The molecule has 0 unspecified atom stereocenters. The van der Waals surface area contributed by atoms with E-state index in [1.54, 1.807) is 12.3 Å². The van der Waals surface area contributed by atoms with Crippen LogP contribution in [0.2, 0.25) is 10.0 Å². The van der Waals surface area contributed by atoms with E-state index in [1.807, 2.05) is 19.1 Å². The molecular weight excluding hydrogens is 325 g/mol. The second kappa shape index (κ2) is 7.96. The number of ether oxygens (including phenoxy) is 1. The van der Waals surface area contributed by atoms with Crippen LogP contribution >= 0.6 is 23.2 Å². The summed E-state index contributed by atoms with van der Waals surface area (Å²) in [6.07, 6.45) is 3.43. The third kappa shape index (κ3) is 5.16. The number of rotatable bonds is 6. The molecule has 0 aromatic carbocycles. The Bertz CT molecular complexity index is 648. The van der Waals surface area contributed by atoms with Gasteiger partial charge in [0.25, 0.3) is 0 Å². The molecule has 116 valence electrons. The van der Waals surface area contributed by atoms with Gasteiger partial charge in [0.05, 0.1) is 18.0 Å². The van der Waals surface area contributed by atoms with Crippen molar-refractivity contribution in [1.29, 1.82) is 0 Å². The van der Waals surface area contributed by atoms with Gasteiger partial charge in [-0.1, -0.05) is 29.3 Å². The largest absolute Gasteiger partial charge is 0.475 e. The van der Waals surface area contributed by atoms with Crippen molar-refractivity contribution in [2.45, 2.75) is 13.3 Å². The summed E-state index contributed by atoms with van der Waals surface area (Å²) >= 11 is 11.7. The maximum absolute atomic E-state index is 11.8. The van der Waals surface area contributed by atoms with Gasteiger partial charge in [-0.15, -0.1) is 0 Å². The van der Waals surface area contributed by atoms with Crippen molar-refractivity contribution >= 4 is 29.1 Å². The van der Waals surface area contributed by atoms with Crippen LogP contribution in [0.4, 0.5) is 0 Å². The van der Waals surface area contributed by atoms with E-state index >= 15 is 0 Å². The predicted octanol–water partition coefficient (Wildman–Crippen LogP) is 2.83. The molecule has 1 N–H and O–H groups in total. The van der Waals surface area contributed by atoms with Crippen molar-refractivity contribution in [2.24, 2.45) is 0 Å². The highest BCUT2D eigenvalue weighted by atomic mass is 35.5. The summed E-state index contributed by atoms with van der Waals surface area (Å²) in [5.74, 6) is 0.201. The van der Waals surface area contributed by atoms with Gasteiger partial charge in [-0.3, -0.25) is 9.78 Å². The maximum atomic E-state index is 11.8. The van der Waals surface area contributed by atoms with Crippen molar-refractivity contribution < 1.29 is 9.53 Å². The van der Waals surface area contributed by atoms with Crippen LogP contribution in [-0.4, -0.2) is 29.0 Å². The van der Waals surface area contributed by atoms with Gasteiger partial charge < -0.3 is 10.1 Å². The zero-order chi connectivity index (χ0) is 15.9. The van der Waals surface area contributed by atoms with Crippen LogP contribution in [-0.2, 0) is 11.2 Å². The third-order valence-corrected chi connectivity index (χ3v) is 3.25. The fourth-order valence-corrected chi connectivity index (χ4v) is 2.13. The van der Waals surface area contributed by atoms with Crippen molar-refractivity contribution in [2.75, 3.05) is 13.2 Å². The first-order valence-corrected chi connectivity index (χ1v) is 7.42. The number of aryl methyl sites for hydroxylation is 1. The zero-order valence-electron chi connectivity index (χ0n) is 12.0. The Labute approximate surface area is 138 Å². The van der Waals surface area contributed by atoms with Crippen LogP contribution in [0.5, 0.6) is 5.88 Å². The minimum Gasteiger partial charge on any atom is -0.475 e. The van der Waals surface area contributed by atoms with Gasteiger partial charge >= 0.3 is 0 Å². The van der Waals surface area contributed by atoms with Gasteiger partial charge in [-0.05, 0) is 24.6 Å². The average Bonchev–Trinajstić information content (AvgIpc) is 2.48. The molecule has 7 heteroatoms. The minimum atomic E-state index is -0.0931. The highest BCUT2D eigenvalue weighted by molar-refractivity contribution is 6.35. The van der Waals surface area contributed by atoms with E-state index in [0.29, 0.717) is 22.5 Å². The first-order valence-electron chi connectivity index (χ1n) is 6.66. The number of hydrogen-bond donors (Lipinski definition) is 1. The number of carbonyl (C=O) groups is 1. The lowest BCUT2D eigenvalue weighted by molar-refractivity contribution is -0.120. The maximum Gasteiger partial charge on any atom is 0.232 e. The third-order valence-electron chi connectivity index (χ3n) is 2.77. The number of aromatic nitrogens is 2. The predicted molar refractivity (Wildman–Crippen MR) is 85.4 cm³/mol. The highest BCUT2D eigenvalue weighted by Crippen LogP contribution is 2.24. The van der Waals surface area contributed by atoms with Crippen LogP contribution in [0.25, 0.3) is 0 Å². The van der Waals surface area contributed by atoms with E-state index < -0.39 is 0 Å². The molecule has 2 rings (SSSR count). The van der Waals surface area contributed by atoms with Crippen molar-refractivity contribution in [3.63, 3.8) is 0 Å². The number of nitrogens with one attached hydrogen (secondary N) is 1. The van der Waals surface area contributed by atoms with Crippen LogP contribution in [0.15, 0.2) is 30.6 Å². The van der Waals surface area contributed by atoms with Crippen molar-refractivity contribution in [1.82, 2.24) is 15.3 Å². The molecule has 0 aliphatic rings. The SMILES string of the molecule is Cc1ccc(CC(=O)NCCOc2ncc(Cl)cc2Cl)cn1. The number of pyridine rings is 2. The van der Waals surface area contributed by atoms with Crippen LogP contribution < -0.4 is 10.1 Å². The molecule has 0 bridgehead atoms. The molecule has 2 heterocycles.